The number of fused-ring (bicyclic) bond motifs is 1. The first kappa shape index (κ1) is 22.3. The minimum Gasteiger partial charge on any atom is -0.493 e. The van der Waals surface area contributed by atoms with Crippen molar-refractivity contribution < 1.29 is 23.9 Å². The number of likely N-dealkylation sites (tertiary alicyclic amines) is 1. The Labute approximate surface area is 201 Å². The Morgan fingerprint density at radius 2 is 1.76 bits per heavy atom. The molecule has 0 N–H and O–H groups in total. The van der Waals surface area contributed by atoms with Crippen LogP contribution < -0.4 is 9.47 Å². The predicted molar refractivity (Wildman–Crippen MR) is 127 cm³/mol. The number of hydrogen-bond acceptors (Lipinski definition) is 7. The Balaban J connectivity index is 1.43. The first-order valence-corrected chi connectivity index (χ1v) is 12.0. The molecule has 5 rings (SSSR count). The molecule has 34 heavy (non-hydrogen) atoms. The fourth-order valence-electron chi connectivity index (χ4n) is 4.88. The quantitative estimate of drug-likeness (QED) is 0.468. The van der Waals surface area contributed by atoms with Crippen molar-refractivity contribution in [3.05, 3.63) is 58.3 Å². The van der Waals surface area contributed by atoms with Crippen molar-refractivity contribution in [3.8, 4) is 11.5 Å². The summed E-state index contributed by atoms with van der Waals surface area (Å²) in [5, 5.41) is 8.02. The maximum absolute atomic E-state index is 13.5. The lowest BCUT2D eigenvalue weighted by atomic mass is 9.85. The van der Waals surface area contributed by atoms with E-state index in [9.17, 15) is 14.4 Å². The zero-order valence-electron chi connectivity index (χ0n) is 19.0. The largest absolute Gasteiger partial charge is 0.493 e. The van der Waals surface area contributed by atoms with E-state index in [0.29, 0.717) is 30.8 Å². The maximum atomic E-state index is 13.5. The zero-order valence-corrected chi connectivity index (χ0v) is 19.8. The predicted octanol–water partition coefficient (Wildman–Crippen LogP) is 3.39. The number of carbonyl (C=O) groups excluding carboxylic acids is 3. The summed E-state index contributed by atoms with van der Waals surface area (Å²) in [5.74, 6) is -0.510. The number of nitrogens with zero attached hydrogens (tertiary/aromatic N) is 3. The van der Waals surface area contributed by atoms with Crippen molar-refractivity contribution in [3.63, 3.8) is 0 Å². The van der Waals surface area contributed by atoms with Gasteiger partial charge in [0.1, 0.15) is 6.54 Å². The molecule has 0 spiro atoms. The average Bonchev–Trinajstić information content (AvgIpc) is 3.60. The van der Waals surface area contributed by atoms with Gasteiger partial charge in [-0.05, 0) is 42.0 Å². The highest BCUT2D eigenvalue weighted by Crippen LogP contribution is 2.39. The SMILES string of the molecule is COc1ccc([C@@H]2CC(c3cccs3)=NN2C(=O)CN2C(=O)[C@@H]3CC=CC[C@H]3C2=O)cc1OC. The number of rotatable bonds is 6. The van der Waals surface area contributed by atoms with E-state index in [0.717, 1.165) is 21.1 Å². The highest BCUT2D eigenvalue weighted by Gasteiger charge is 2.48. The Morgan fingerprint density at radius 3 is 2.38 bits per heavy atom. The second-order valence-electron chi connectivity index (χ2n) is 8.52. The molecular formula is C25H25N3O5S. The number of carbonyl (C=O) groups is 3. The zero-order chi connectivity index (χ0) is 23.8. The van der Waals surface area contributed by atoms with E-state index in [1.807, 2.05) is 41.8 Å². The number of imide groups is 1. The first-order chi connectivity index (χ1) is 16.5. The van der Waals surface area contributed by atoms with Gasteiger partial charge in [0.15, 0.2) is 11.5 Å². The molecule has 176 valence electrons. The van der Waals surface area contributed by atoms with E-state index >= 15 is 0 Å². The second kappa shape index (κ2) is 9.06. The van der Waals surface area contributed by atoms with Crippen molar-refractivity contribution in [1.82, 2.24) is 9.91 Å². The average molecular weight is 480 g/mol. The van der Waals surface area contributed by atoms with Crippen LogP contribution in [-0.2, 0) is 14.4 Å². The van der Waals surface area contributed by atoms with Crippen molar-refractivity contribution in [2.45, 2.75) is 25.3 Å². The van der Waals surface area contributed by atoms with E-state index < -0.39 is 0 Å². The molecule has 0 unspecified atom stereocenters. The fraction of sp³-hybridized carbons (Fsp3) is 0.360. The van der Waals surface area contributed by atoms with Gasteiger partial charge in [-0.1, -0.05) is 24.3 Å². The molecule has 9 heteroatoms. The van der Waals surface area contributed by atoms with Gasteiger partial charge in [-0.25, -0.2) is 5.01 Å². The molecule has 1 aromatic carbocycles. The highest BCUT2D eigenvalue weighted by atomic mass is 32.1. The summed E-state index contributed by atoms with van der Waals surface area (Å²) in [5.41, 5.74) is 1.62. The number of ether oxygens (including phenoxy) is 2. The summed E-state index contributed by atoms with van der Waals surface area (Å²) in [7, 11) is 3.13. The van der Waals surface area contributed by atoms with Crippen LogP contribution in [0.5, 0.6) is 11.5 Å². The Hall–Kier alpha value is -3.46. The number of hydrogen-bond donors (Lipinski definition) is 0. The lowest BCUT2D eigenvalue weighted by Crippen LogP contribution is -2.41. The minimum absolute atomic E-state index is 0.267. The van der Waals surface area contributed by atoms with Crippen LogP contribution in [0.2, 0.25) is 0 Å². The Kier molecular flexibility index (Phi) is 5.95. The van der Waals surface area contributed by atoms with Gasteiger partial charge in [-0.15, -0.1) is 11.3 Å². The number of amides is 3. The van der Waals surface area contributed by atoms with Crippen LogP contribution in [0.4, 0.5) is 0 Å². The molecule has 0 bridgehead atoms. The van der Waals surface area contributed by atoms with Gasteiger partial charge < -0.3 is 9.47 Å². The van der Waals surface area contributed by atoms with E-state index in [1.54, 1.807) is 31.6 Å². The standard InChI is InChI=1S/C25H25N3O5S/c1-32-20-10-9-15(12-21(20)33-2)19-13-18(22-8-5-11-34-22)26-28(19)23(29)14-27-24(30)16-6-3-4-7-17(16)25(27)31/h3-5,8-12,16-17,19H,6-7,13-14H2,1-2H3/t16-,17-,19+/m1/s1. The van der Waals surface area contributed by atoms with Crippen LogP contribution in [-0.4, -0.2) is 54.1 Å². The topological polar surface area (TPSA) is 88.5 Å². The molecule has 2 aromatic rings. The van der Waals surface area contributed by atoms with Gasteiger partial charge in [0, 0.05) is 6.42 Å². The normalized spacial score (nSPS) is 23.8. The molecule has 1 aromatic heterocycles. The third-order valence-corrected chi connectivity index (χ3v) is 7.57. The molecule has 0 saturated carbocycles. The molecule has 1 aliphatic carbocycles. The molecule has 8 nitrogen and oxygen atoms in total. The van der Waals surface area contributed by atoms with Crippen LogP contribution >= 0.6 is 11.3 Å². The number of benzene rings is 1. The summed E-state index contributed by atoms with van der Waals surface area (Å²) in [6.45, 7) is -0.310. The Morgan fingerprint density at radius 1 is 1.06 bits per heavy atom. The molecule has 3 amide bonds. The van der Waals surface area contributed by atoms with E-state index in [2.05, 4.69) is 5.10 Å². The van der Waals surface area contributed by atoms with Gasteiger partial charge >= 0.3 is 0 Å². The summed E-state index contributed by atoms with van der Waals surface area (Å²) >= 11 is 1.55. The van der Waals surface area contributed by atoms with Crippen LogP contribution in [0.1, 0.15) is 35.7 Å². The lowest BCUT2D eigenvalue weighted by Gasteiger charge is -2.25. The molecule has 0 radical (unpaired) electrons. The summed E-state index contributed by atoms with van der Waals surface area (Å²) in [6, 6.07) is 9.03. The van der Waals surface area contributed by atoms with Crippen molar-refractivity contribution in [1.29, 1.82) is 0 Å². The third kappa shape index (κ3) is 3.79. The molecule has 3 aliphatic rings. The molecule has 3 atom stereocenters. The first-order valence-electron chi connectivity index (χ1n) is 11.2. The van der Waals surface area contributed by atoms with Crippen LogP contribution in [0.3, 0.4) is 0 Å². The smallest absolute Gasteiger partial charge is 0.263 e. The molecule has 3 heterocycles. The van der Waals surface area contributed by atoms with Gasteiger partial charge in [-0.3, -0.25) is 19.3 Å². The van der Waals surface area contributed by atoms with E-state index in [1.165, 1.54) is 5.01 Å². The fourth-order valence-corrected chi connectivity index (χ4v) is 5.61. The number of thiophene rings is 1. The molecule has 2 aliphatic heterocycles. The van der Waals surface area contributed by atoms with Gasteiger partial charge in [0.05, 0.1) is 42.7 Å². The van der Waals surface area contributed by atoms with Gasteiger partial charge in [-0.2, -0.15) is 5.10 Å². The number of allylic oxidation sites excluding steroid dienone is 2. The second-order valence-corrected chi connectivity index (χ2v) is 9.46. The van der Waals surface area contributed by atoms with Crippen molar-refractivity contribution >= 4 is 34.8 Å². The number of hydrazone groups is 1. The molecular weight excluding hydrogens is 454 g/mol. The van der Waals surface area contributed by atoms with Gasteiger partial charge in [0.25, 0.3) is 5.91 Å². The summed E-state index contributed by atoms with van der Waals surface area (Å²) in [4.78, 5) is 41.4. The summed E-state index contributed by atoms with van der Waals surface area (Å²) in [6.07, 6.45) is 5.46. The Bertz CT molecular complexity index is 1160. The lowest BCUT2D eigenvalue weighted by molar-refractivity contribution is -0.147. The van der Waals surface area contributed by atoms with Gasteiger partial charge in [0.2, 0.25) is 11.8 Å². The maximum Gasteiger partial charge on any atom is 0.263 e. The third-order valence-electron chi connectivity index (χ3n) is 6.66. The van der Waals surface area contributed by atoms with Crippen LogP contribution in [0.15, 0.2) is 53.0 Å². The van der Waals surface area contributed by atoms with Crippen molar-refractivity contribution in [2.75, 3.05) is 20.8 Å². The van der Waals surface area contributed by atoms with Crippen LogP contribution in [0.25, 0.3) is 0 Å². The summed E-state index contributed by atoms with van der Waals surface area (Å²) < 4.78 is 10.8. The minimum atomic E-state index is -0.389. The highest BCUT2D eigenvalue weighted by molar-refractivity contribution is 7.12. The van der Waals surface area contributed by atoms with Crippen LogP contribution in [0, 0.1) is 11.8 Å². The van der Waals surface area contributed by atoms with E-state index in [4.69, 9.17) is 9.47 Å². The molecule has 1 saturated heterocycles. The van der Waals surface area contributed by atoms with E-state index in [-0.39, 0.29) is 42.1 Å². The number of methoxy groups -OCH3 is 2. The molecule has 1 fully saturated rings. The van der Waals surface area contributed by atoms with Crippen molar-refractivity contribution in [2.24, 2.45) is 16.9 Å². The monoisotopic (exact) mass is 479 g/mol.